The number of piperazine rings is 1. The molecule has 2 aromatic carbocycles. The van der Waals surface area contributed by atoms with Crippen LogP contribution in [-0.4, -0.2) is 59.5 Å². The third kappa shape index (κ3) is 4.51. The van der Waals surface area contributed by atoms with Crippen LogP contribution in [0.1, 0.15) is 34.7 Å². The lowest BCUT2D eigenvalue weighted by atomic mass is 9.96. The van der Waals surface area contributed by atoms with Gasteiger partial charge in [-0.15, -0.1) is 0 Å². The molecule has 36 heavy (non-hydrogen) atoms. The fraction of sp³-hybridized carbons (Fsp3) is 0.379. The standard InChI is InChI=1S/C29H35N7/c1-20(31-26-10-9-22-5-3-4-6-25(22)26)36-12-11-21-7-8-23(17-24(21)19-36)27-18-28(33-29(30)32-27)35-15-13-34(2)14-16-35/h3-8,17-18,26,31H,1,9-16,19H2,2H3,(H2,30,32,33). The van der Waals surface area contributed by atoms with E-state index in [1.165, 1.54) is 22.3 Å². The first-order valence-electron chi connectivity index (χ1n) is 13.0. The highest BCUT2D eigenvalue weighted by atomic mass is 15.3. The van der Waals surface area contributed by atoms with E-state index >= 15 is 0 Å². The van der Waals surface area contributed by atoms with Gasteiger partial charge in [0.15, 0.2) is 0 Å². The number of nitrogen functional groups attached to an aromatic ring is 1. The predicted octanol–water partition coefficient (Wildman–Crippen LogP) is 3.58. The van der Waals surface area contributed by atoms with Crippen LogP contribution in [0.25, 0.3) is 11.3 Å². The molecule has 1 aromatic heterocycles. The number of aromatic nitrogens is 2. The fourth-order valence-electron chi connectivity index (χ4n) is 5.74. The molecule has 0 amide bonds. The lowest BCUT2D eigenvalue weighted by molar-refractivity contribution is 0.290. The maximum Gasteiger partial charge on any atom is 0.222 e. The highest BCUT2D eigenvalue weighted by Gasteiger charge is 2.25. The number of anilines is 2. The molecular formula is C29H35N7. The van der Waals surface area contributed by atoms with Gasteiger partial charge in [0.2, 0.25) is 5.95 Å². The Balaban J connectivity index is 1.19. The molecule has 6 rings (SSSR count). The van der Waals surface area contributed by atoms with E-state index in [4.69, 9.17) is 5.73 Å². The summed E-state index contributed by atoms with van der Waals surface area (Å²) in [4.78, 5) is 16.1. The Morgan fingerprint density at radius 1 is 0.944 bits per heavy atom. The van der Waals surface area contributed by atoms with E-state index in [-0.39, 0.29) is 0 Å². The second kappa shape index (κ2) is 9.47. The first-order valence-corrected chi connectivity index (χ1v) is 13.0. The van der Waals surface area contributed by atoms with Gasteiger partial charge in [0.1, 0.15) is 5.82 Å². The normalized spacial score (nSPS) is 19.6. The molecule has 7 nitrogen and oxygen atoms in total. The zero-order valence-electron chi connectivity index (χ0n) is 21.1. The molecule has 0 radical (unpaired) electrons. The van der Waals surface area contributed by atoms with Crippen LogP contribution in [0.2, 0.25) is 0 Å². The minimum absolute atomic E-state index is 0.329. The average Bonchev–Trinajstić information content (AvgIpc) is 3.30. The molecule has 186 valence electrons. The largest absolute Gasteiger partial charge is 0.368 e. The van der Waals surface area contributed by atoms with E-state index in [1.54, 1.807) is 0 Å². The van der Waals surface area contributed by atoms with Crippen molar-refractivity contribution in [3.8, 4) is 11.3 Å². The molecule has 0 saturated carbocycles. The van der Waals surface area contributed by atoms with Crippen molar-refractivity contribution in [3.63, 3.8) is 0 Å². The summed E-state index contributed by atoms with van der Waals surface area (Å²) in [6, 6.07) is 17.9. The maximum absolute atomic E-state index is 6.15. The van der Waals surface area contributed by atoms with Gasteiger partial charge >= 0.3 is 0 Å². The molecule has 2 aliphatic heterocycles. The molecule has 0 spiro atoms. The van der Waals surface area contributed by atoms with Crippen LogP contribution in [0.15, 0.2) is 60.9 Å². The summed E-state index contributed by atoms with van der Waals surface area (Å²) in [5, 5.41) is 3.72. The number of fused-ring (bicyclic) bond motifs is 2. The maximum atomic E-state index is 6.15. The van der Waals surface area contributed by atoms with Gasteiger partial charge < -0.3 is 25.8 Å². The third-order valence-corrected chi connectivity index (χ3v) is 7.93. The molecule has 3 aromatic rings. The van der Waals surface area contributed by atoms with Crippen molar-refractivity contribution in [1.29, 1.82) is 0 Å². The highest BCUT2D eigenvalue weighted by Crippen LogP contribution is 2.33. The molecular weight excluding hydrogens is 446 g/mol. The van der Waals surface area contributed by atoms with Crippen molar-refractivity contribution in [1.82, 2.24) is 25.1 Å². The van der Waals surface area contributed by atoms with Gasteiger partial charge in [-0.1, -0.05) is 43.0 Å². The SMILES string of the molecule is C=C(NC1CCc2ccccc21)N1CCc2ccc(-c3cc(N4CCN(C)CC4)nc(N)n3)cc2C1. The number of likely N-dealkylation sites (N-methyl/N-ethyl adjacent to an activating group) is 1. The zero-order chi connectivity index (χ0) is 24.6. The van der Waals surface area contributed by atoms with Crippen LogP contribution < -0.4 is 16.0 Å². The lowest BCUT2D eigenvalue weighted by Gasteiger charge is -2.34. The summed E-state index contributed by atoms with van der Waals surface area (Å²) in [6.45, 7) is 10.2. The van der Waals surface area contributed by atoms with Crippen LogP contribution >= 0.6 is 0 Å². The molecule has 1 fully saturated rings. The zero-order valence-corrected chi connectivity index (χ0v) is 21.1. The van der Waals surface area contributed by atoms with Gasteiger partial charge in [0.05, 0.1) is 17.6 Å². The predicted molar refractivity (Wildman–Crippen MR) is 145 cm³/mol. The van der Waals surface area contributed by atoms with Crippen molar-refractivity contribution >= 4 is 11.8 Å². The molecule has 3 N–H and O–H groups in total. The number of nitrogens with two attached hydrogens (primary N) is 1. The van der Waals surface area contributed by atoms with E-state index in [9.17, 15) is 0 Å². The van der Waals surface area contributed by atoms with Gasteiger partial charge in [0, 0.05) is 50.9 Å². The quantitative estimate of drug-likeness (QED) is 0.577. The molecule has 3 aliphatic rings. The number of hydrogen-bond donors (Lipinski definition) is 2. The molecule has 1 saturated heterocycles. The van der Waals surface area contributed by atoms with Crippen LogP contribution in [0.4, 0.5) is 11.8 Å². The summed E-state index contributed by atoms with van der Waals surface area (Å²) in [7, 11) is 2.16. The molecule has 1 atom stereocenters. The van der Waals surface area contributed by atoms with Crippen LogP contribution in [0, 0.1) is 0 Å². The van der Waals surface area contributed by atoms with E-state index in [1.807, 2.05) is 0 Å². The third-order valence-electron chi connectivity index (χ3n) is 7.93. The van der Waals surface area contributed by atoms with Crippen LogP contribution in [-0.2, 0) is 19.4 Å². The van der Waals surface area contributed by atoms with E-state index in [0.29, 0.717) is 12.0 Å². The second-order valence-corrected chi connectivity index (χ2v) is 10.3. The minimum Gasteiger partial charge on any atom is -0.368 e. The average molecular weight is 482 g/mol. The number of benzene rings is 2. The molecule has 3 heterocycles. The first kappa shape index (κ1) is 22.9. The lowest BCUT2D eigenvalue weighted by Crippen LogP contribution is -2.44. The number of hydrogen-bond acceptors (Lipinski definition) is 7. The smallest absolute Gasteiger partial charge is 0.222 e. The Bertz CT molecular complexity index is 1280. The van der Waals surface area contributed by atoms with Gasteiger partial charge in [-0.25, -0.2) is 4.98 Å². The highest BCUT2D eigenvalue weighted by molar-refractivity contribution is 5.66. The Kier molecular flexibility index (Phi) is 6.01. The van der Waals surface area contributed by atoms with Crippen molar-refractivity contribution in [2.75, 3.05) is 50.4 Å². The number of aryl methyl sites for hydroxylation is 1. The molecule has 0 bridgehead atoms. The van der Waals surface area contributed by atoms with Crippen LogP contribution in [0.5, 0.6) is 0 Å². The van der Waals surface area contributed by atoms with Crippen LogP contribution in [0.3, 0.4) is 0 Å². The topological polar surface area (TPSA) is 73.5 Å². The number of rotatable bonds is 5. The fourth-order valence-corrected chi connectivity index (χ4v) is 5.74. The number of nitrogens with zero attached hydrogens (tertiary/aromatic N) is 5. The summed E-state index contributed by atoms with van der Waals surface area (Å²) in [6.07, 6.45) is 3.26. The van der Waals surface area contributed by atoms with Gasteiger partial charge in [-0.2, -0.15) is 4.98 Å². The Morgan fingerprint density at radius 3 is 2.64 bits per heavy atom. The molecule has 1 unspecified atom stereocenters. The van der Waals surface area contributed by atoms with Gasteiger partial charge in [0.25, 0.3) is 0 Å². The van der Waals surface area contributed by atoms with E-state index in [2.05, 4.69) is 92.1 Å². The minimum atomic E-state index is 0.329. The second-order valence-electron chi connectivity index (χ2n) is 10.3. The van der Waals surface area contributed by atoms with E-state index < -0.39 is 0 Å². The van der Waals surface area contributed by atoms with Crippen molar-refractivity contribution in [3.05, 3.63) is 83.2 Å². The summed E-state index contributed by atoms with van der Waals surface area (Å²) >= 11 is 0. The van der Waals surface area contributed by atoms with E-state index in [0.717, 1.165) is 81.4 Å². The number of nitrogens with one attached hydrogen (secondary N) is 1. The molecule has 1 aliphatic carbocycles. The van der Waals surface area contributed by atoms with Crippen molar-refractivity contribution < 1.29 is 0 Å². The summed E-state index contributed by atoms with van der Waals surface area (Å²) in [5.41, 5.74) is 13.7. The van der Waals surface area contributed by atoms with Crippen molar-refractivity contribution in [2.45, 2.75) is 31.8 Å². The Morgan fingerprint density at radius 2 is 1.78 bits per heavy atom. The monoisotopic (exact) mass is 481 g/mol. The van der Waals surface area contributed by atoms with Gasteiger partial charge in [-0.3, -0.25) is 0 Å². The first-order chi connectivity index (χ1) is 17.5. The van der Waals surface area contributed by atoms with Gasteiger partial charge in [-0.05, 0) is 54.6 Å². The Hall–Kier alpha value is -3.58. The summed E-state index contributed by atoms with van der Waals surface area (Å²) < 4.78 is 0. The van der Waals surface area contributed by atoms with Crippen molar-refractivity contribution in [2.24, 2.45) is 0 Å². The Labute approximate surface area is 213 Å². The molecule has 7 heteroatoms. The summed E-state index contributed by atoms with van der Waals surface area (Å²) in [5.74, 6) is 2.26.